The van der Waals surface area contributed by atoms with Crippen molar-refractivity contribution in [2.45, 2.75) is 26.4 Å². The van der Waals surface area contributed by atoms with Crippen molar-refractivity contribution < 1.29 is 4.74 Å². The Morgan fingerprint density at radius 1 is 1.19 bits per heavy atom. The lowest BCUT2D eigenvalue weighted by Gasteiger charge is -2.28. The molecule has 0 radical (unpaired) electrons. The minimum absolute atomic E-state index is 0.0324. The molecule has 0 saturated carbocycles. The lowest BCUT2D eigenvalue weighted by atomic mass is 10.0. The van der Waals surface area contributed by atoms with Crippen molar-refractivity contribution >= 4 is 0 Å². The van der Waals surface area contributed by atoms with E-state index in [1.54, 1.807) is 7.11 Å². The first kappa shape index (κ1) is 17.5. The third-order valence-electron chi connectivity index (χ3n) is 5.14. The van der Waals surface area contributed by atoms with E-state index in [4.69, 9.17) is 9.72 Å². The van der Waals surface area contributed by atoms with Gasteiger partial charge in [-0.3, -0.25) is 9.69 Å². The summed E-state index contributed by atoms with van der Waals surface area (Å²) in [6.45, 7) is 4.42. The molecule has 2 aromatic carbocycles. The summed E-state index contributed by atoms with van der Waals surface area (Å²) in [5, 5.41) is 0. The van der Waals surface area contributed by atoms with Gasteiger partial charge < -0.3 is 9.72 Å². The van der Waals surface area contributed by atoms with Crippen LogP contribution in [-0.2, 0) is 19.5 Å². The van der Waals surface area contributed by atoms with Crippen LogP contribution < -0.4 is 10.3 Å². The Morgan fingerprint density at radius 3 is 2.74 bits per heavy atom. The highest BCUT2D eigenvalue weighted by Crippen LogP contribution is 2.22. The summed E-state index contributed by atoms with van der Waals surface area (Å²) < 4.78 is 5.28. The van der Waals surface area contributed by atoms with E-state index in [-0.39, 0.29) is 5.56 Å². The van der Waals surface area contributed by atoms with Gasteiger partial charge in [0.2, 0.25) is 0 Å². The molecule has 3 aromatic rings. The third kappa shape index (κ3) is 3.64. The highest BCUT2D eigenvalue weighted by Gasteiger charge is 2.22. The second-order valence-corrected chi connectivity index (χ2v) is 6.96. The summed E-state index contributed by atoms with van der Waals surface area (Å²) in [6.07, 6.45) is 0.786. The number of aromatic nitrogens is 2. The first-order valence-corrected chi connectivity index (χ1v) is 9.17. The van der Waals surface area contributed by atoms with Gasteiger partial charge in [-0.25, -0.2) is 4.98 Å². The number of aromatic amines is 1. The number of H-pyrrole nitrogens is 1. The molecule has 5 nitrogen and oxygen atoms in total. The molecule has 2 heterocycles. The van der Waals surface area contributed by atoms with Gasteiger partial charge in [0.05, 0.1) is 18.4 Å². The van der Waals surface area contributed by atoms with Crippen molar-refractivity contribution in [2.24, 2.45) is 0 Å². The number of fused-ring (bicyclic) bond motifs is 1. The fraction of sp³-hybridized carbons (Fsp3) is 0.273. The van der Waals surface area contributed by atoms with Gasteiger partial charge in [0.1, 0.15) is 11.6 Å². The maximum atomic E-state index is 12.7. The van der Waals surface area contributed by atoms with Crippen LogP contribution in [0.15, 0.2) is 53.3 Å². The molecule has 0 unspecified atom stereocenters. The van der Waals surface area contributed by atoms with Crippen LogP contribution in [0.1, 0.15) is 22.4 Å². The highest BCUT2D eigenvalue weighted by molar-refractivity contribution is 5.54. The van der Waals surface area contributed by atoms with Gasteiger partial charge in [0.15, 0.2) is 0 Å². The lowest BCUT2D eigenvalue weighted by Crippen LogP contribution is -2.35. The molecule has 138 valence electrons. The quantitative estimate of drug-likeness (QED) is 0.775. The van der Waals surface area contributed by atoms with Crippen LogP contribution in [-0.4, -0.2) is 28.5 Å². The Balaban J connectivity index is 1.56. The number of rotatable bonds is 4. The molecule has 4 rings (SSSR count). The predicted octanol–water partition coefficient (Wildman–Crippen LogP) is 3.31. The molecule has 0 spiro atoms. The van der Waals surface area contributed by atoms with E-state index < -0.39 is 0 Å². The van der Waals surface area contributed by atoms with Crippen LogP contribution >= 0.6 is 0 Å². The summed E-state index contributed by atoms with van der Waals surface area (Å²) in [5.74, 6) is 1.52. The largest absolute Gasteiger partial charge is 0.497 e. The molecule has 1 N–H and O–H groups in total. The standard InChI is InChI=1S/C22H23N3O2/c1-15-12-18(27-2)9-8-17(15)13-25-11-10-20-19(14-25)22(26)24-21(23-20)16-6-4-3-5-7-16/h3-9,12H,10-11,13-14H2,1-2H3,(H,23,24,26). The summed E-state index contributed by atoms with van der Waals surface area (Å²) in [6, 6.07) is 15.9. The maximum Gasteiger partial charge on any atom is 0.255 e. The Bertz CT molecular complexity index is 1010. The van der Waals surface area contributed by atoms with E-state index in [9.17, 15) is 4.79 Å². The van der Waals surface area contributed by atoms with Crippen molar-refractivity contribution in [1.29, 1.82) is 0 Å². The first-order valence-electron chi connectivity index (χ1n) is 9.17. The Morgan fingerprint density at radius 2 is 2.00 bits per heavy atom. The number of hydrogen-bond acceptors (Lipinski definition) is 4. The fourth-order valence-electron chi connectivity index (χ4n) is 3.56. The van der Waals surface area contributed by atoms with E-state index in [1.165, 1.54) is 11.1 Å². The van der Waals surface area contributed by atoms with Gasteiger partial charge in [-0.05, 0) is 30.2 Å². The van der Waals surface area contributed by atoms with Crippen molar-refractivity contribution in [1.82, 2.24) is 14.9 Å². The number of nitrogens with zero attached hydrogens (tertiary/aromatic N) is 2. The van der Waals surface area contributed by atoms with Crippen LogP contribution in [0, 0.1) is 6.92 Å². The van der Waals surface area contributed by atoms with Crippen LogP contribution in [0.25, 0.3) is 11.4 Å². The molecule has 27 heavy (non-hydrogen) atoms. The van der Waals surface area contributed by atoms with Crippen LogP contribution in [0.2, 0.25) is 0 Å². The maximum absolute atomic E-state index is 12.7. The van der Waals surface area contributed by atoms with Crippen molar-refractivity contribution in [3.05, 3.63) is 81.3 Å². The molecular weight excluding hydrogens is 338 g/mol. The van der Waals surface area contributed by atoms with Gasteiger partial charge >= 0.3 is 0 Å². The second kappa shape index (κ2) is 7.37. The minimum atomic E-state index is -0.0324. The van der Waals surface area contributed by atoms with E-state index >= 15 is 0 Å². The van der Waals surface area contributed by atoms with E-state index in [0.717, 1.165) is 42.1 Å². The summed E-state index contributed by atoms with van der Waals surface area (Å²) in [4.78, 5) is 22.6. The Hall–Kier alpha value is -2.92. The first-order chi connectivity index (χ1) is 13.1. The van der Waals surface area contributed by atoms with E-state index in [0.29, 0.717) is 12.4 Å². The smallest absolute Gasteiger partial charge is 0.255 e. The predicted molar refractivity (Wildman–Crippen MR) is 106 cm³/mol. The van der Waals surface area contributed by atoms with Gasteiger partial charge in [-0.1, -0.05) is 36.4 Å². The molecule has 0 fully saturated rings. The Labute approximate surface area is 158 Å². The average Bonchev–Trinajstić information content (AvgIpc) is 2.70. The van der Waals surface area contributed by atoms with Crippen LogP contribution in [0.5, 0.6) is 5.75 Å². The minimum Gasteiger partial charge on any atom is -0.497 e. The van der Waals surface area contributed by atoms with E-state index in [2.05, 4.69) is 22.9 Å². The molecule has 0 atom stereocenters. The molecule has 1 aromatic heterocycles. The van der Waals surface area contributed by atoms with Gasteiger partial charge in [-0.2, -0.15) is 0 Å². The number of nitrogens with one attached hydrogen (secondary N) is 1. The van der Waals surface area contributed by atoms with Gasteiger partial charge in [-0.15, -0.1) is 0 Å². The summed E-state index contributed by atoms with van der Waals surface area (Å²) in [5.41, 5.74) is 5.06. The monoisotopic (exact) mass is 361 g/mol. The molecule has 1 aliphatic heterocycles. The van der Waals surface area contributed by atoms with E-state index in [1.807, 2.05) is 42.5 Å². The Kier molecular flexibility index (Phi) is 4.77. The van der Waals surface area contributed by atoms with Crippen molar-refractivity contribution in [3.8, 4) is 17.1 Å². The number of benzene rings is 2. The fourth-order valence-corrected chi connectivity index (χ4v) is 3.56. The highest BCUT2D eigenvalue weighted by atomic mass is 16.5. The summed E-state index contributed by atoms with van der Waals surface area (Å²) >= 11 is 0. The molecule has 0 aliphatic carbocycles. The molecular formula is C22H23N3O2. The topological polar surface area (TPSA) is 58.2 Å². The zero-order valence-corrected chi connectivity index (χ0v) is 15.7. The average molecular weight is 361 g/mol. The van der Waals surface area contributed by atoms with Crippen LogP contribution in [0.4, 0.5) is 0 Å². The zero-order valence-electron chi connectivity index (χ0n) is 15.7. The van der Waals surface area contributed by atoms with Crippen molar-refractivity contribution in [2.75, 3.05) is 13.7 Å². The number of ether oxygens (including phenoxy) is 1. The second-order valence-electron chi connectivity index (χ2n) is 6.96. The normalized spacial score (nSPS) is 14.0. The van der Waals surface area contributed by atoms with Crippen LogP contribution in [0.3, 0.4) is 0 Å². The van der Waals surface area contributed by atoms with Gasteiger partial charge in [0, 0.05) is 31.6 Å². The zero-order chi connectivity index (χ0) is 18.8. The number of methoxy groups -OCH3 is 1. The lowest BCUT2D eigenvalue weighted by molar-refractivity contribution is 0.241. The van der Waals surface area contributed by atoms with Gasteiger partial charge in [0.25, 0.3) is 5.56 Å². The molecule has 0 bridgehead atoms. The molecule has 1 aliphatic rings. The summed E-state index contributed by atoms with van der Waals surface area (Å²) in [7, 11) is 1.68. The molecule has 0 amide bonds. The van der Waals surface area contributed by atoms with Crippen molar-refractivity contribution in [3.63, 3.8) is 0 Å². The SMILES string of the molecule is COc1ccc(CN2CCc3nc(-c4ccccc4)[nH]c(=O)c3C2)c(C)c1. The third-order valence-corrected chi connectivity index (χ3v) is 5.14. The molecule has 0 saturated heterocycles. The molecule has 5 heteroatoms. The number of aryl methyl sites for hydroxylation is 1. The number of hydrogen-bond donors (Lipinski definition) is 1.